The molecule has 1 aromatic rings. The summed E-state index contributed by atoms with van der Waals surface area (Å²) in [5.41, 5.74) is 0. The van der Waals surface area contributed by atoms with Crippen LogP contribution in [0.5, 0.6) is 0 Å². The molecule has 0 amide bonds. The van der Waals surface area contributed by atoms with Gasteiger partial charge in [-0.2, -0.15) is 0 Å². The first-order chi connectivity index (χ1) is 10.4. The maximum absolute atomic E-state index is 12.3. The number of hydrogen-bond donors (Lipinski definition) is 1. The van der Waals surface area contributed by atoms with Crippen molar-refractivity contribution in [2.45, 2.75) is 30.5 Å². The Hall–Kier alpha value is -0.180. The van der Waals surface area contributed by atoms with Crippen LogP contribution in [-0.2, 0) is 14.8 Å². The van der Waals surface area contributed by atoms with Crippen LogP contribution in [0.25, 0.3) is 0 Å². The predicted molar refractivity (Wildman–Crippen MR) is 90.2 cm³/mol. The van der Waals surface area contributed by atoms with Crippen LogP contribution in [-0.4, -0.2) is 52.2 Å². The van der Waals surface area contributed by atoms with Crippen LogP contribution in [0.2, 0.25) is 4.34 Å². The number of rotatable bonds is 7. The number of hydrogen-bond acceptors (Lipinski definition) is 5. The van der Waals surface area contributed by atoms with Gasteiger partial charge in [0.15, 0.2) is 0 Å². The second kappa shape index (κ2) is 8.08. The fraction of sp³-hybridized carbons (Fsp3) is 0.714. The van der Waals surface area contributed by atoms with E-state index in [0.29, 0.717) is 30.0 Å². The van der Waals surface area contributed by atoms with Crippen molar-refractivity contribution in [3.63, 3.8) is 0 Å². The molecule has 1 fully saturated rings. The van der Waals surface area contributed by atoms with Gasteiger partial charge in [0.25, 0.3) is 0 Å². The summed E-state index contributed by atoms with van der Waals surface area (Å²) < 4.78 is 33.5. The van der Waals surface area contributed by atoms with Gasteiger partial charge in [0, 0.05) is 25.7 Å². The Balaban J connectivity index is 2.00. The van der Waals surface area contributed by atoms with E-state index in [1.165, 1.54) is 0 Å². The van der Waals surface area contributed by atoms with Crippen molar-refractivity contribution in [3.8, 4) is 0 Å². The Morgan fingerprint density at radius 3 is 2.59 bits per heavy atom. The fourth-order valence-corrected chi connectivity index (χ4v) is 5.17. The lowest BCUT2D eigenvalue weighted by molar-refractivity contribution is 0.0134. The van der Waals surface area contributed by atoms with Gasteiger partial charge in [-0.05, 0) is 24.5 Å². The van der Waals surface area contributed by atoms with Gasteiger partial charge in [-0.3, -0.25) is 4.90 Å². The van der Waals surface area contributed by atoms with Crippen LogP contribution in [0.1, 0.15) is 20.3 Å². The Morgan fingerprint density at radius 1 is 1.36 bits per heavy atom. The molecule has 126 valence electrons. The van der Waals surface area contributed by atoms with Gasteiger partial charge in [0.05, 0.1) is 17.6 Å². The smallest absolute Gasteiger partial charge is 0.250 e. The zero-order chi connectivity index (χ0) is 16.2. The molecule has 22 heavy (non-hydrogen) atoms. The molecule has 1 atom stereocenters. The third kappa shape index (κ3) is 5.18. The molecule has 0 bridgehead atoms. The van der Waals surface area contributed by atoms with Crippen molar-refractivity contribution in [2.75, 3.05) is 32.8 Å². The molecule has 2 rings (SSSR count). The van der Waals surface area contributed by atoms with E-state index in [1.54, 1.807) is 12.1 Å². The highest BCUT2D eigenvalue weighted by atomic mass is 35.5. The molecule has 2 heterocycles. The normalized spacial score (nSPS) is 18.7. The highest BCUT2D eigenvalue weighted by molar-refractivity contribution is 7.91. The minimum atomic E-state index is -3.48. The first kappa shape index (κ1) is 18.2. The first-order valence-electron chi connectivity index (χ1n) is 7.45. The monoisotopic (exact) mass is 366 g/mol. The summed E-state index contributed by atoms with van der Waals surface area (Å²) in [5.74, 6) is 0.508. The maximum Gasteiger partial charge on any atom is 0.250 e. The zero-order valence-corrected chi connectivity index (χ0v) is 15.3. The standard InChI is InChI=1S/C14H23ClN2O3S2/c1-11(2)9-12(17-5-7-20-8-6-17)10-16-22(18,19)14-4-3-13(15)21-14/h3-4,11-12,16H,5-10H2,1-2H3. The van der Waals surface area contributed by atoms with Crippen molar-refractivity contribution in [3.05, 3.63) is 16.5 Å². The Kier molecular flexibility index (Phi) is 6.67. The number of nitrogens with one attached hydrogen (secondary N) is 1. The summed E-state index contributed by atoms with van der Waals surface area (Å²) in [6, 6.07) is 3.34. The summed E-state index contributed by atoms with van der Waals surface area (Å²) in [6.45, 7) is 7.84. The van der Waals surface area contributed by atoms with Crippen LogP contribution in [0.3, 0.4) is 0 Å². The number of sulfonamides is 1. The van der Waals surface area contributed by atoms with Gasteiger partial charge in [0.2, 0.25) is 10.0 Å². The Bertz CT molecular complexity index is 568. The van der Waals surface area contributed by atoms with E-state index in [1.807, 2.05) is 0 Å². The van der Waals surface area contributed by atoms with Gasteiger partial charge < -0.3 is 4.74 Å². The van der Waals surface area contributed by atoms with Crippen molar-refractivity contribution in [1.82, 2.24) is 9.62 Å². The third-order valence-corrected chi connectivity index (χ3v) is 6.77. The van der Waals surface area contributed by atoms with Crippen LogP contribution < -0.4 is 4.72 Å². The zero-order valence-electron chi connectivity index (χ0n) is 12.9. The average Bonchev–Trinajstić information content (AvgIpc) is 2.91. The SMILES string of the molecule is CC(C)CC(CNS(=O)(=O)c1ccc(Cl)s1)N1CCOCC1. The van der Waals surface area contributed by atoms with E-state index >= 15 is 0 Å². The minimum absolute atomic E-state index is 0.189. The molecule has 1 aliphatic heterocycles. The second-order valence-corrected chi connectivity index (χ2v) is 9.55. The summed E-state index contributed by atoms with van der Waals surface area (Å²) in [5, 5.41) is 0. The van der Waals surface area contributed by atoms with E-state index in [0.717, 1.165) is 30.8 Å². The van der Waals surface area contributed by atoms with Crippen LogP contribution in [0, 0.1) is 5.92 Å². The average molecular weight is 367 g/mol. The molecule has 1 N–H and O–H groups in total. The van der Waals surface area contributed by atoms with Gasteiger partial charge in [-0.1, -0.05) is 25.4 Å². The number of ether oxygens (including phenoxy) is 1. The highest BCUT2D eigenvalue weighted by Crippen LogP contribution is 2.25. The maximum atomic E-state index is 12.3. The molecule has 1 aromatic heterocycles. The lowest BCUT2D eigenvalue weighted by atomic mass is 10.0. The van der Waals surface area contributed by atoms with Gasteiger partial charge in [-0.15, -0.1) is 11.3 Å². The summed E-state index contributed by atoms with van der Waals surface area (Å²) in [4.78, 5) is 2.31. The fourth-order valence-electron chi connectivity index (χ4n) is 2.57. The topological polar surface area (TPSA) is 58.6 Å². The highest BCUT2D eigenvalue weighted by Gasteiger charge is 2.25. The van der Waals surface area contributed by atoms with E-state index in [-0.39, 0.29) is 10.3 Å². The lowest BCUT2D eigenvalue weighted by Gasteiger charge is -2.35. The van der Waals surface area contributed by atoms with Gasteiger partial charge in [0.1, 0.15) is 4.21 Å². The summed E-state index contributed by atoms with van der Waals surface area (Å²) >= 11 is 6.90. The van der Waals surface area contributed by atoms with E-state index in [2.05, 4.69) is 23.5 Å². The second-order valence-electron chi connectivity index (χ2n) is 5.84. The first-order valence-corrected chi connectivity index (χ1v) is 10.1. The van der Waals surface area contributed by atoms with E-state index in [9.17, 15) is 8.42 Å². The predicted octanol–water partition coefficient (Wildman–Crippen LogP) is 2.43. The van der Waals surface area contributed by atoms with Crippen LogP contribution in [0.15, 0.2) is 16.3 Å². The Morgan fingerprint density at radius 2 is 2.05 bits per heavy atom. The molecule has 1 unspecified atom stereocenters. The van der Waals surface area contributed by atoms with E-state index < -0.39 is 10.0 Å². The third-order valence-electron chi connectivity index (χ3n) is 3.63. The molecule has 5 nitrogen and oxygen atoms in total. The minimum Gasteiger partial charge on any atom is -0.379 e. The number of halogens is 1. The van der Waals surface area contributed by atoms with Crippen molar-refractivity contribution in [2.24, 2.45) is 5.92 Å². The largest absolute Gasteiger partial charge is 0.379 e. The van der Waals surface area contributed by atoms with Crippen LogP contribution in [0.4, 0.5) is 0 Å². The molecule has 0 saturated carbocycles. The quantitative estimate of drug-likeness (QED) is 0.805. The molecular weight excluding hydrogens is 344 g/mol. The molecule has 0 spiro atoms. The van der Waals surface area contributed by atoms with Crippen molar-refractivity contribution >= 4 is 33.0 Å². The number of thiophene rings is 1. The molecule has 1 aliphatic rings. The van der Waals surface area contributed by atoms with Crippen molar-refractivity contribution in [1.29, 1.82) is 0 Å². The van der Waals surface area contributed by atoms with Gasteiger partial charge in [-0.25, -0.2) is 13.1 Å². The van der Waals surface area contributed by atoms with Crippen LogP contribution >= 0.6 is 22.9 Å². The summed E-state index contributed by atoms with van der Waals surface area (Å²) in [7, 11) is -3.48. The van der Waals surface area contributed by atoms with E-state index in [4.69, 9.17) is 16.3 Å². The van der Waals surface area contributed by atoms with Gasteiger partial charge >= 0.3 is 0 Å². The lowest BCUT2D eigenvalue weighted by Crippen LogP contribution is -2.49. The number of nitrogens with zero attached hydrogens (tertiary/aromatic N) is 1. The molecular formula is C14H23ClN2O3S2. The Labute approximate surface area is 141 Å². The molecule has 1 saturated heterocycles. The molecule has 8 heteroatoms. The molecule has 0 aromatic carbocycles. The number of morpholine rings is 1. The molecule has 0 radical (unpaired) electrons. The summed E-state index contributed by atoms with van der Waals surface area (Å²) in [6.07, 6.45) is 0.952. The molecule has 0 aliphatic carbocycles. The van der Waals surface area contributed by atoms with Crippen molar-refractivity contribution < 1.29 is 13.2 Å².